The third kappa shape index (κ3) is 16.4. The van der Waals surface area contributed by atoms with Gasteiger partial charge < -0.3 is 62.1 Å². The number of nitrogens with zero attached hydrogens (tertiary/aromatic N) is 1. The van der Waals surface area contributed by atoms with Crippen molar-refractivity contribution in [2.24, 2.45) is 0 Å². The number of aromatic hydroxyl groups is 4. The summed E-state index contributed by atoms with van der Waals surface area (Å²) in [5, 5.41) is 71.6. The van der Waals surface area contributed by atoms with E-state index in [0.29, 0.717) is 71.2 Å². The van der Waals surface area contributed by atoms with Gasteiger partial charge in [-0.3, -0.25) is 24.0 Å². The maximum absolute atomic E-state index is 12.4. The van der Waals surface area contributed by atoms with Crippen LogP contribution in [0.15, 0.2) is 36.4 Å². The van der Waals surface area contributed by atoms with Crippen LogP contribution in [0.5, 0.6) is 23.0 Å². The number of hydrogen-bond acceptors (Lipinski definition) is 12. The number of rotatable bonds is 25. The van der Waals surface area contributed by atoms with E-state index in [0.717, 1.165) is 6.07 Å². The molecule has 2 aromatic carbocycles. The van der Waals surface area contributed by atoms with Gasteiger partial charge in [0.1, 0.15) is 0 Å². The van der Waals surface area contributed by atoms with Gasteiger partial charge in [-0.15, -0.1) is 0 Å². The van der Waals surface area contributed by atoms with Crippen LogP contribution in [0.3, 0.4) is 0 Å². The number of nitrogens with one attached hydrogen (secondary N) is 5. The Morgan fingerprint density at radius 2 is 1.00 bits per heavy atom. The fourth-order valence-electron chi connectivity index (χ4n) is 5.10. The zero-order valence-corrected chi connectivity index (χ0v) is 30.4. The third-order valence-corrected chi connectivity index (χ3v) is 8.21. The second-order valence-electron chi connectivity index (χ2n) is 12.7. The number of carboxylic acid groups (broad SMARTS) is 1. The number of carbonyl (C=O) groups is 6. The zero-order valence-electron chi connectivity index (χ0n) is 30.4. The number of benzene rings is 2. The first-order valence-electron chi connectivity index (χ1n) is 17.7. The predicted octanol–water partition coefficient (Wildman–Crippen LogP) is 0.276. The number of carboxylic acids is 1. The molecule has 0 aromatic heterocycles. The summed E-state index contributed by atoms with van der Waals surface area (Å²) in [5.74, 6) is -5.63. The molecule has 0 aliphatic heterocycles. The van der Waals surface area contributed by atoms with Crippen LogP contribution in [0.2, 0.25) is 0 Å². The van der Waals surface area contributed by atoms with Gasteiger partial charge in [0.15, 0.2) is 28.6 Å². The largest absolute Gasteiger partial charge is 0.504 e. The maximum atomic E-state index is 12.4. The molecule has 0 aliphatic rings. The number of phenolic OH excluding ortho intramolecular Hbond substituents is 4. The highest BCUT2D eigenvalue weighted by atomic mass is 16.4. The fourth-order valence-corrected chi connectivity index (χ4v) is 5.10. The van der Waals surface area contributed by atoms with Crippen LogP contribution in [0, 0.1) is 0 Å². The molecule has 0 spiro atoms. The van der Waals surface area contributed by atoms with E-state index in [1.807, 2.05) is 0 Å². The molecule has 0 fully saturated rings. The minimum absolute atomic E-state index is 0.149. The lowest BCUT2D eigenvalue weighted by Gasteiger charge is -2.23. The third-order valence-electron chi connectivity index (χ3n) is 8.21. The van der Waals surface area contributed by atoms with Crippen LogP contribution in [-0.4, -0.2) is 129 Å². The summed E-state index contributed by atoms with van der Waals surface area (Å²) in [6.07, 6.45) is 1.65. The summed E-state index contributed by atoms with van der Waals surface area (Å²) in [6.45, 7) is 4.39. The molecule has 11 N–H and O–H groups in total. The van der Waals surface area contributed by atoms with Crippen LogP contribution in [-0.2, 0) is 19.2 Å². The summed E-state index contributed by atoms with van der Waals surface area (Å²) in [6, 6.07) is 7.51. The van der Waals surface area contributed by atoms with Gasteiger partial charge >= 0.3 is 5.97 Å². The molecule has 18 nitrogen and oxygen atoms in total. The molecule has 0 aliphatic carbocycles. The van der Waals surface area contributed by atoms with Crippen molar-refractivity contribution in [1.29, 1.82) is 0 Å². The number of hydrogen-bond donors (Lipinski definition) is 11. The number of unbranched alkanes of at least 4 members (excludes halogenated alkanes) is 2. The topological polar surface area (TPSA) is 287 Å². The molecule has 2 rings (SSSR count). The number of amides is 5. The Balaban J connectivity index is 1.56. The van der Waals surface area contributed by atoms with E-state index in [1.54, 1.807) is 4.90 Å². The standard InChI is InChI=1S/C36H52N6O12/c1-24(43)42(19-7-17-41-34(51)26-9-11-28(45)30(47)21-26)18-5-4-15-39-32(49)23-36(54,35(52)53)22-31(48)38-14-3-2-12-37-13-6-16-40-33(50)25-8-10-27(44)29(46)20-25/h8-11,20-21,37,44-47,54H,2-7,12-19,22-23H2,1H3,(H,38,48)(H,39,49)(H,40,50)(H,41,51)(H,52,53). The van der Waals surface area contributed by atoms with Crippen LogP contribution >= 0.6 is 0 Å². The number of carbonyl (C=O) groups excluding carboxylic acids is 5. The minimum Gasteiger partial charge on any atom is -0.504 e. The van der Waals surface area contributed by atoms with Gasteiger partial charge in [-0.2, -0.15) is 0 Å². The van der Waals surface area contributed by atoms with Gasteiger partial charge in [-0.25, -0.2) is 4.79 Å². The molecule has 18 heteroatoms. The summed E-state index contributed by atoms with van der Waals surface area (Å²) in [5.41, 5.74) is -2.21. The normalized spacial score (nSPS) is 11.9. The van der Waals surface area contributed by atoms with Crippen molar-refractivity contribution in [2.45, 2.75) is 63.9 Å². The van der Waals surface area contributed by atoms with Crippen molar-refractivity contribution in [1.82, 2.24) is 31.5 Å². The first kappa shape index (κ1) is 44.5. The molecule has 0 bridgehead atoms. The van der Waals surface area contributed by atoms with E-state index in [9.17, 15) is 59.4 Å². The smallest absolute Gasteiger partial charge is 0.336 e. The summed E-state index contributed by atoms with van der Waals surface area (Å²) >= 11 is 0. The first-order valence-corrected chi connectivity index (χ1v) is 17.7. The van der Waals surface area contributed by atoms with Crippen LogP contribution in [0.4, 0.5) is 0 Å². The van der Waals surface area contributed by atoms with Crippen molar-refractivity contribution in [3.63, 3.8) is 0 Å². The average molecular weight is 761 g/mol. The number of phenols is 4. The van der Waals surface area contributed by atoms with Gasteiger partial charge in [0, 0.05) is 57.3 Å². The molecule has 2 aromatic rings. The van der Waals surface area contributed by atoms with Gasteiger partial charge in [0.2, 0.25) is 17.7 Å². The Bertz CT molecular complexity index is 1590. The maximum Gasteiger partial charge on any atom is 0.336 e. The predicted molar refractivity (Wildman–Crippen MR) is 195 cm³/mol. The molecule has 54 heavy (non-hydrogen) atoms. The lowest BCUT2D eigenvalue weighted by atomic mass is 9.94. The van der Waals surface area contributed by atoms with Crippen molar-refractivity contribution in [3.05, 3.63) is 47.5 Å². The van der Waals surface area contributed by atoms with E-state index >= 15 is 0 Å². The van der Waals surface area contributed by atoms with Gasteiger partial charge in [0.05, 0.1) is 12.8 Å². The summed E-state index contributed by atoms with van der Waals surface area (Å²) in [7, 11) is 0. The molecule has 0 radical (unpaired) electrons. The molecule has 1 atom stereocenters. The first-order chi connectivity index (χ1) is 25.6. The molecule has 0 saturated heterocycles. The van der Waals surface area contributed by atoms with Crippen LogP contribution < -0.4 is 26.6 Å². The van der Waals surface area contributed by atoms with Gasteiger partial charge in [-0.1, -0.05) is 0 Å². The van der Waals surface area contributed by atoms with E-state index in [2.05, 4.69) is 26.6 Å². The average Bonchev–Trinajstić information content (AvgIpc) is 3.11. The fraction of sp³-hybridized carbons (Fsp3) is 0.500. The molecule has 1 unspecified atom stereocenters. The SMILES string of the molecule is CC(=O)N(CCCCNC(=O)CC(O)(CC(=O)NCCCCNCCCNC(=O)c1ccc(O)c(O)c1)C(=O)O)CCCNC(=O)c1ccc(O)c(O)c1. The van der Waals surface area contributed by atoms with Gasteiger partial charge in [0.25, 0.3) is 11.8 Å². The Labute approximate surface area is 312 Å². The Morgan fingerprint density at radius 3 is 1.48 bits per heavy atom. The molecule has 5 amide bonds. The summed E-state index contributed by atoms with van der Waals surface area (Å²) in [4.78, 5) is 74.5. The quantitative estimate of drug-likeness (QED) is 0.0480. The Hall–Kier alpha value is -5.62. The van der Waals surface area contributed by atoms with Crippen molar-refractivity contribution < 1.29 is 59.4 Å². The number of aliphatic carboxylic acids is 1. The minimum atomic E-state index is -2.60. The van der Waals surface area contributed by atoms with E-state index in [-0.39, 0.29) is 59.8 Å². The highest BCUT2D eigenvalue weighted by Gasteiger charge is 2.40. The molecular weight excluding hydrogens is 708 g/mol. The zero-order chi connectivity index (χ0) is 40.1. The van der Waals surface area contributed by atoms with Crippen molar-refractivity contribution >= 4 is 35.5 Å². The van der Waals surface area contributed by atoms with Crippen LogP contribution in [0.1, 0.15) is 79.0 Å². The Morgan fingerprint density at radius 1 is 0.574 bits per heavy atom. The lowest BCUT2D eigenvalue weighted by Crippen LogP contribution is -2.47. The van der Waals surface area contributed by atoms with Crippen molar-refractivity contribution in [2.75, 3.05) is 52.4 Å². The van der Waals surface area contributed by atoms with E-state index in [4.69, 9.17) is 0 Å². The van der Waals surface area contributed by atoms with Crippen molar-refractivity contribution in [3.8, 4) is 23.0 Å². The monoisotopic (exact) mass is 760 g/mol. The molecule has 298 valence electrons. The highest BCUT2D eigenvalue weighted by Crippen LogP contribution is 2.25. The molecular formula is C36H52N6O12. The van der Waals surface area contributed by atoms with E-state index in [1.165, 1.54) is 37.3 Å². The van der Waals surface area contributed by atoms with Gasteiger partial charge in [-0.05, 0) is 88.0 Å². The molecule has 0 heterocycles. The summed E-state index contributed by atoms with van der Waals surface area (Å²) < 4.78 is 0. The molecule has 0 saturated carbocycles. The second-order valence-corrected chi connectivity index (χ2v) is 12.7. The Kier molecular flexibility index (Phi) is 19.1. The highest BCUT2D eigenvalue weighted by molar-refractivity contribution is 5.95. The van der Waals surface area contributed by atoms with E-state index < -0.39 is 47.9 Å². The lowest BCUT2D eigenvalue weighted by molar-refractivity contribution is -0.164. The second kappa shape index (κ2) is 23.1. The van der Waals surface area contributed by atoms with Crippen LogP contribution in [0.25, 0.3) is 0 Å². The number of aliphatic hydroxyl groups is 1.